The van der Waals surface area contributed by atoms with Crippen LogP contribution in [0.25, 0.3) is 11.3 Å². The summed E-state index contributed by atoms with van der Waals surface area (Å²) >= 11 is 1.63. The number of aryl methyl sites for hydroxylation is 1. The van der Waals surface area contributed by atoms with Crippen LogP contribution in [-0.4, -0.2) is 24.0 Å². The normalized spacial score (nSPS) is 17.3. The minimum absolute atomic E-state index is 0. The van der Waals surface area contributed by atoms with Crippen LogP contribution in [0.15, 0.2) is 29.6 Å². The first-order chi connectivity index (χ1) is 9.72. The lowest BCUT2D eigenvalue weighted by molar-refractivity contribution is -0.119. The second kappa shape index (κ2) is 7.02. The number of anilines is 1. The Balaban J connectivity index is 0.00000161. The minimum atomic E-state index is 0. The molecule has 4 nitrogen and oxygen atoms in total. The maximum absolute atomic E-state index is 12.1. The van der Waals surface area contributed by atoms with E-state index in [1.165, 1.54) is 0 Å². The van der Waals surface area contributed by atoms with Crippen molar-refractivity contribution in [1.82, 2.24) is 10.3 Å². The lowest BCUT2D eigenvalue weighted by atomic mass is 10.1. The van der Waals surface area contributed by atoms with Gasteiger partial charge in [0, 0.05) is 23.2 Å². The van der Waals surface area contributed by atoms with Crippen LogP contribution in [0, 0.1) is 12.8 Å². The molecule has 1 atom stereocenters. The van der Waals surface area contributed by atoms with Crippen LogP contribution < -0.4 is 10.6 Å². The third-order valence-electron chi connectivity index (χ3n) is 3.48. The van der Waals surface area contributed by atoms with Gasteiger partial charge in [-0.3, -0.25) is 4.79 Å². The van der Waals surface area contributed by atoms with Crippen molar-refractivity contribution in [2.24, 2.45) is 5.92 Å². The van der Waals surface area contributed by atoms with Crippen LogP contribution in [0.4, 0.5) is 5.69 Å². The molecule has 1 aromatic heterocycles. The highest BCUT2D eigenvalue weighted by molar-refractivity contribution is 7.09. The van der Waals surface area contributed by atoms with Gasteiger partial charge in [-0.2, -0.15) is 0 Å². The number of hydrogen-bond donors (Lipinski definition) is 2. The van der Waals surface area contributed by atoms with Gasteiger partial charge in [-0.15, -0.1) is 23.7 Å². The third-order valence-corrected chi connectivity index (χ3v) is 4.25. The first kappa shape index (κ1) is 15.9. The molecule has 2 N–H and O–H groups in total. The smallest absolute Gasteiger partial charge is 0.228 e. The van der Waals surface area contributed by atoms with Crippen LogP contribution in [0.2, 0.25) is 0 Å². The number of carbonyl (C=O) groups excluding carboxylic acids is 1. The van der Waals surface area contributed by atoms with Crippen molar-refractivity contribution in [2.75, 3.05) is 18.4 Å². The second-order valence-electron chi connectivity index (χ2n) is 5.01. The maximum atomic E-state index is 12.1. The van der Waals surface area contributed by atoms with Crippen molar-refractivity contribution in [1.29, 1.82) is 0 Å². The van der Waals surface area contributed by atoms with Gasteiger partial charge in [0.25, 0.3) is 0 Å². The zero-order valence-electron chi connectivity index (χ0n) is 11.8. The van der Waals surface area contributed by atoms with Gasteiger partial charge >= 0.3 is 0 Å². The Labute approximate surface area is 134 Å². The third kappa shape index (κ3) is 3.81. The fourth-order valence-corrected chi connectivity index (χ4v) is 3.00. The van der Waals surface area contributed by atoms with Crippen molar-refractivity contribution in [3.63, 3.8) is 0 Å². The lowest BCUT2D eigenvalue weighted by Gasteiger charge is -2.10. The highest BCUT2D eigenvalue weighted by atomic mass is 35.5. The number of amides is 1. The van der Waals surface area contributed by atoms with Crippen LogP contribution in [0.1, 0.15) is 11.4 Å². The van der Waals surface area contributed by atoms with E-state index in [2.05, 4.69) is 15.6 Å². The SMILES string of the molecule is Cc1nc(-c2cccc(NC(=O)C3CCNC3)c2)cs1.Cl. The largest absolute Gasteiger partial charge is 0.326 e. The molecule has 0 saturated carbocycles. The van der Waals surface area contributed by atoms with E-state index in [0.717, 1.165) is 41.5 Å². The Bertz CT molecular complexity index is 623. The molecule has 1 unspecified atom stereocenters. The Morgan fingerprint density at radius 1 is 1.48 bits per heavy atom. The summed E-state index contributed by atoms with van der Waals surface area (Å²) in [5, 5.41) is 9.29. The number of halogens is 1. The minimum Gasteiger partial charge on any atom is -0.326 e. The van der Waals surface area contributed by atoms with Crippen molar-refractivity contribution >= 4 is 35.3 Å². The molecule has 0 radical (unpaired) electrons. The van der Waals surface area contributed by atoms with E-state index in [-0.39, 0.29) is 24.2 Å². The van der Waals surface area contributed by atoms with Gasteiger partial charge in [0.1, 0.15) is 0 Å². The number of nitrogens with one attached hydrogen (secondary N) is 2. The van der Waals surface area contributed by atoms with Gasteiger partial charge in [-0.25, -0.2) is 4.98 Å². The van der Waals surface area contributed by atoms with E-state index >= 15 is 0 Å². The quantitative estimate of drug-likeness (QED) is 0.912. The molecule has 1 aliphatic heterocycles. The molecule has 1 fully saturated rings. The molecule has 1 saturated heterocycles. The summed E-state index contributed by atoms with van der Waals surface area (Å²) in [5.41, 5.74) is 2.84. The van der Waals surface area contributed by atoms with E-state index < -0.39 is 0 Å². The first-order valence-electron chi connectivity index (χ1n) is 6.76. The van der Waals surface area contributed by atoms with E-state index in [1.54, 1.807) is 11.3 Å². The highest BCUT2D eigenvalue weighted by Crippen LogP contribution is 2.24. The maximum Gasteiger partial charge on any atom is 0.228 e. The van der Waals surface area contributed by atoms with Crippen molar-refractivity contribution in [3.8, 4) is 11.3 Å². The van der Waals surface area contributed by atoms with Gasteiger partial charge < -0.3 is 10.6 Å². The number of rotatable bonds is 3. The van der Waals surface area contributed by atoms with Crippen molar-refractivity contribution in [3.05, 3.63) is 34.7 Å². The summed E-state index contributed by atoms with van der Waals surface area (Å²) < 4.78 is 0. The molecule has 0 spiro atoms. The molecule has 3 rings (SSSR count). The molecule has 21 heavy (non-hydrogen) atoms. The molecule has 1 amide bonds. The Morgan fingerprint density at radius 3 is 3.00 bits per heavy atom. The Hall–Kier alpha value is -1.43. The van der Waals surface area contributed by atoms with E-state index in [9.17, 15) is 4.79 Å². The molecule has 2 heterocycles. The van der Waals surface area contributed by atoms with Crippen molar-refractivity contribution in [2.45, 2.75) is 13.3 Å². The molecule has 112 valence electrons. The number of benzene rings is 1. The van der Waals surface area contributed by atoms with Gasteiger partial charge in [0.05, 0.1) is 16.6 Å². The molecular formula is C15H18ClN3OS. The van der Waals surface area contributed by atoms with Crippen LogP contribution in [0.3, 0.4) is 0 Å². The van der Waals surface area contributed by atoms with E-state index in [4.69, 9.17) is 0 Å². The topological polar surface area (TPSA) is 54.0 Å². The second-order valence-corrected chi connectivity index (χ2v) is 6.07. The summed E-state index contributed by atoms with van der Waals surface area (Å²) in [6, 6.07) is 7.87. The summed E-state index contributed by atoms with van der Waals surface area (Å²) in [6.07, 6.45) is 0.913. The number of hydrogen-bond acceptors (Lipinski definition) is 4. The van der Waals surface area contributed by atoms with Gasteiger partial charge in [-0.1, -0.05) is 12.1 Å². The van der Waals surface area contributed by atoms with Gasteiger partial charge in [0.15, 0.2) is 0 Å². The Morgan fingerprint density at radius 2 is 2.33 bits per heavy atom. The number of nitrogens with zero attached hydrogens (tertiary/aromatic N) is 1. The summed E-state index contributed by atoms with van der Waals surface area (Å²) in [7, 11) is 0. The van der Waals surface area contributed by atoms with Gasteiger partial charge in [0.2, 0.25) is 5.91 Å². The van der Waals surface area contributed by atoms with Crippen LogP contribution in [-0.2, 0) is 4.79 Å². The molecule has 0 bridgehead atoms. The summed E-state index contributed by atoms with van der Waals surface area (Å²) in [5.74, 6) is 0.182. The number of aromatic nitrogens is 1. The summed E-state index contributed by atoms with van der Waals surface area (Å²) in [4.78, 5) is 16.6. The summed E-state index contributed by atoms with van der Waals surface area (Å²) in [6.45, 7) is 3.69. The molecule has 0 aliphatic carbocycles. The van der Waals surface area contributed by atoms with E-state index in [1.807, 2.05) is 36.6 Å². The first-order valence-corrected chi connectivity index (χ1v) is 7.64. The average molecular weight is 324 g/mol. The molecule has 2 aromatic rings. The molecule has 1 aromatic carbocycles. The fraction of sp³-hybridized carbons (Fsp3) is 0.333. The van der Waals surface area contributed by atoms with Crippen molar-refractivity contribution < 1.29 is 4.79 Å². The van der Waals surface area contributed by atoms with Gasteiger partial charge in [-0.05, 0) is 32.0 Å². The fourth-order valence-electron chi connectivity index (χ4n) is 2.38. The number of carbonyl (C=O) groups is 1. The predicted octanol–water partition coefficient (Wildman–Crippen LogP) is 3.09. The standard InChI is InChI=1S/C15H17N3OS.ClH/c1-10-17-14(9-20-10)11-3-2-4-13(7-11)18-15(19)12-5-6-16-8-12;/h2-4,7,9,12,16H,5-6,8H2,1H3,(H,18,19);1H. The monoisotopic (exact) mass is 323 g/mol. The molecular weight excluding hydrogens is 306 g/mol. The van der Waals surface area contributed by atoms with Crippen LogP contribution >= 0.6 is 23.7 Å². The average Bonchev–Trinajstić information content (AvgIpc) is 3.10. The van der Waals surface area contributed by atoms with E-state index in [0.29, 0.717) is 0 Å². The number of thiazole rings is 1. The highest BCUT2D eigenvalue weighted by Gasteiger charge is 2.22. The van der Waals surface area contributed by atoms with Crippen LogP contribution in [0.5, 0.6) is 0 Å². The zero-order chi connectivity index (χ0) is 13.9. The Kier molecular flexibility index (Phi) is 5.33. The molecule has 1 aliphatic rings. The lowest BCUT2D eigenvalue weighted by Crippen LogP contribution is -2.24. The zero-order valence-corrected chi connectivity index (χ0v) is 13.4. The molecule has 6 heteroatoms. The predicted molar refractivity (Wildman–Crippen MR) is 89.1 cm³/mol.